The van der Waals surface area contributed by atoms with Crippen molar-refractivity contribution >= 4 is 5.65 Å². The van der Waals surface area contributed by atoms with Crippen LogP contribution in [-0.2, 0) is 6.61 Å². The summed E-state index contributed by atoms with van der Waals surface area (Å²) in [6, 6.07) is 11.6. The van der Waals surface area contributed by atoms with Crippen LogP contribution in [0.2, 0.25) is 0 Å². The fourth-order valence-electron chi connectivity index (χ4n) is 2.75. The minimum absolute atomic E-state index is 0.0736. The summed E-state index contributed by atoms with van der Waals surface area (Å²) in [6.45, 7) is 2.17. The summed E-state index contributed by atoms with van der Waals surface area (Å²) in [4.78, 5) is 4.65. The maximum atomic E-state index is 9.77. The molecule has 0 amide bonds. The summed E-state index contributed by atoms with van der Waals surface area (Å²) < 4.78 is 12.7. The van der Waals surface area contributed by atoms with Gasteiger partial charge in [-0.2, -0.15) is 0 Å². The molecule has 5 nitrogen and oxygen atoms in total. The van der Waals surface area contributed by atoms with Gasteiger partial charge >= 0.3 is 0 Å². The fourth-order valence-corrected chi connectivity index (χ4v) is 2.75. The van der Waals surface area contributed by atoms with E-state index in [1.165, 1.54) is 0 Å². The molecule has 0 saturated carbocycles. The lowest BCUT2D eigenvalue weighted by Crippen LogP contribution is -1.97. The van der Waals surface area contributed by atoms with Crippen molar-refractivity contribution in [1.29, 1.82) is 0 Å². The van der Waals surface area contributed by atoms with Crippen molar-refractivity contribution in [2.75, 3.05) is 6.79 Å². The summed E-state index contributed by atoms with van der Waals surface area (Å²) in [7, 11) is 0. The predicted octanol–water partition coefficient (Wildman–Crippen LogP) is 2.53. The zero-order valence-electron chi connectivity index (χ0n) is 11.5. The summed E-state index contributed by atoms with van der Waals surface area (Å²) in [5, 5.41) is 9.77. The van der Waals surface area contributed by atoms with E-state index >= 15 is 0 Å². The number of hydrogen-bond acceptors (Lipinski definition) is 4. The number of ether oxygens (including phenoxy) is 2. The van der Waals surface area contributed by atoms with Crippen LogP contribution in [0.5, 0.6) is 11.5 Å². The minimum atomic E-state index is -0.0736. The van der Waals surface area contributed by atoms with Gasteiger partial charge in [0.1, 0.15) is 5.65 Å². The summed E-state index contributed by atoms with van der Waals surface area (Å²) in [5.41, 5.74) is 4.32. The number of aliphatic hydroxyl groups is 1. The van der Waals surface area contributed by atoms with Gasteiger partial charge in [0.15, 0.2) is 11.5 Å². The maximum Gasteiger partial charge on any atom is 0.231 e. The number of imidazole rings is 1. The van der Waals surface area contributed by atoms with E-state index < -0.39 is 0 Å². The second-order valence-electron chi connectivity index (χ2n) is 4.99. The molecular weight excluding hydrogens is 268 g/mol. The van der Waals surface area contributed by atoms with Crippen LogP contribution in [0.4, 0.5) is 0 Å². The SMILES string of the molecule is Cc1cccc2nc(-c3ccc4c(c3)OCO4)c(CO)n12. The van der Waals surface area contributed by atoms with E-state index in [1.54, 1.807) is 0 Å². The van der Waals surface area contributed by atoms with E-state index in [4.69, 9.17) is 9.47 Å². The number of rotatable bonds is 2. The van der Waals surface area contributed by atoms with E-state index in [1.807, 2.05) is 47.7 Å². The summed E-state index contributed by atoms with van der Waals surface area (Å²) in [5.74, 6) is 1.45. The molecule has 1 N–H and O–H groups in total. The predicted molar refractivity (Wildman–Crippen MR) is 77.4 cm³/mol. The van der Waals surface area contributed by atoms with Crippen molar-refractivity contribution in [2.24, 2.45) is 0 Å². The number of nitrogens with zero attached hydrogens (tertiary/aromatic N) is 2. The first-order chi connectivity index (χ1) is 10.3. The molecule has 1 aliphatic heterocycles. The lowest BCUT2D eigenvalue weighted by molar-refractivity contribution is 0.174. The van der Waals surface area contributed by atoms with Gasteiger partial charge in [-0.15, -0.1) is 0 Å². The smallest absolute Gasteiger partial charge is 0.231 e. The molecule has 21 heavy (non-hydrogen) atoms. The number of hydrogen-bond donors (Lipinski definition) is 1. The maximum absolute atomic E-state index is 9.77. The Morgan fingerprint density at radius 3 is 2.90 bits per heavy atom. The van der Waals surface area contributed by atoms with Crippen molar-refractivity contribution < 1.29 is 14.6 Å². The van der Waals surface area contributed by atoms with Crippen molar-refractivity contribution in [3.63, 3.8) is 0 Å². The lowest BCUT2D eigenvalue weighted by Gasteiger charge is -2.05. The van der Waals surface area contributed by atoms with Gasteiger partial charge in [-0.1, -0.05) is 6.07 Å². The fraction of sp³-hybridized carbons (Fsp3) is 0.188. The monoisotopic (exact) mass is 282 g/mol. The molecule has 2 aromatic heterocycles. The van der Waals surface area contributed by atoms with E-state index in [2.05, 4.69) is 4.98 Å². The topological polar surface area (TPSA) is 56.0 Å². The van der Waals surface area contributed by atoms with Crippen LogP contribution in [0.25, 0.3) is 16.9 Å². The Morgan fingerprint density at radius 1 is 1.19 bits per heavy atom. The third-order valence-electron chi connectivity index (χ3n) is 3.73. The van der Waals surface area contributed by atoms with E-state index in [-0.39, 0.29) is 13.4 Å². The van der Waals surface area contributed by atoms with Crippen LogP contribution in [0.3, 0.4) is 0 Å². The molecule has 0 aliphatic carbocycles. The summed E-state index contributed by atoms with van der Waals surface area (Å²) >= 11 is 0. The van der Waals surface area contributed by atoms with Crippen LogP contribution in [0, 0.1) is 6.92 Å². The number of pyridine rings is 1. The highest BCUT2D eigenvalue weighted by atomic mass is 16.7. The zero-order valence-corrected chi connectivity index (χ0v) is 11.5. The molecule has 3 aromatic rings. The van der Waals surface area contributed by atoms with Gasteiger partial charge in [-0.05, 0) is 37.3 Å². The van der Waals surface area contributed by atoms with Crippen LogP contribution in [0.15, 0.2) is 36.4 Å². The molecule has 0 radical (unpaired) electrons. The third-order valence-corrected chi connectivity index (χ3v) is 3.73. The molecule has 106 valence electrons. The molecule has 0 spiro atoms. The molecule has 1 aliphatic rings. The quantitative estimate of drug-likeness (QED) is 0.784. The number of benzene rings is 1. The van der Waals surface area contributed by atoms with Crippen molar-refractivity contribution in [3.8, 4) is 22.8 Å². The molecule has 0 fully saturated rings. The molecule has 3 heterocycles. The number of fused-ring (bicyclic) bond motifs is 2. The van der Waals surface area contributed by atoms with Gasteiger partial charge in [-0.3, -0.25) is 4.40 Å². The van der Waals surface area contributed by atoms with E-state index in [0.717, 1.165) is 34.0 Å². The number of aryl methyl sites for hydroxylation is 1. The van der Waals surface area contributed by atoms with Gasteiger partial charge in [0, 0.05) is 11.3 Å². The van der Waals surface area contributed by atoms with Crippen LogP contribution < -0.4 is 9.47 Å². The molecule has 4 rings (SSSR count). The minimum Gasteiger partial charge on any atom is -0.454 e. The van der Waals surface area contributed by atoms with E-state index in [9.17, 15) is 5.11 Å². The number of aliphatic hydroxyl groups excluding tert-OH is 1. The van der Waals surface area contributed by atoms with Crippen LogP contribution in [-0.4, -0.2) is 21.3 Å². The first-order valence-corrected chi connectivity index (χ1v) is 6.76. The van der Waals surface area contributed by atoms with Crippen molar-refractivity contribution in [2.45, 2.75) is 13.5 Å². The highest BCUT2D eigenvalue weighted by Gasteiger charge is 2.18. The standard InChI is InChI=1S/C16H14N2O3/c1-10-3-2-4-15-17-16(12(8-19)18(10)15)11-5-6-13-14(7-11)21-9-20-13/h2-7,19H,8-9H2,1H3. The Labute approximate surface area is 121 Å². The average Bonchev–Trinajstić information content (AvgIpc) is 3.10. The molecule has 5 heteroatoms. The second-order valence-corrected chi connectivity index (χ2v) is 4.99. The van der Waals surface area contributed by atoms with E-state index in [0.29, 0.717) is 5.75 Å². The van der Waals surface area contributed by atoms with Crippen molar-refractivity contribution in [3.05, 3.63) is 47.8 Å². The first-order valence-electron chi connectivity index (χ1n) is 6.76. The number of aromatic nitrogens is 2. The Balaban J connectivity index is 1.96. The van der Waals surface area contributed by atoms with Gasteiger partial charge < -0.3 is 14.6 Å². The normalized spacial score (nSPS) is 13.0. The lowest BCUT2D eigenvalue weighted by atomic mass is 10.1. The second kappa shape index (κ2) is 4.49. The highest BCUT2D eigenvalue weighted by Crippen LogP contribution is 2.36. The largest absolute Gasteiger partial charge is 0.454 e. The van der Waals surface area contributed by atoms with Crippen LogP contribution in [0.1, 0.15) is 11.4 Å². The molecule has 0 atom stereocenters. The Bertz CT molecular complexity index is 839. The summed E-state index contributed by atoms with van der Waals surface area (Å²) in [6.07, 6.45) is 0. The van der Waals surface area contributed by atoms with Crippen LogP contribution >= 0.6 is 0 Å². The Kier molecular flexibility index (Phi) is 2.62. The van der Waals surface area contributed by atoms with Gasteiger partial charge in [-0.25, -0.2) is 4.98 Å². The average molecular weight is 282 g/mol. The van der Waals surface area contributed by atoms with Crippen molar-refractivity contribution in [1.82, 2.24) is 9.38 Å². The zero-order chi connectivity index (χ0) is 14.4. The van der Waals surface area contributed by atoms with Gasteiger partial charge in [0.2, 0.25) is 6.79 Å². The highest BCUT2D eigenvalue weighted by molar-refractivity contribution is 5.70. The van der Waals surface area contributed by atoms with Gasteiger partial charge in [0.25, 0.3) is 0 Å². The molecule has 0 saturated heterocycles. The molecule has 0 unspecified atom stereocenters. The first kappa shape index (κ1) is 12.2. The molecule has 1 aromatic carbocycles. The Morgan fingerprint density at radius 2 is 2.05 bits per heavy atom. The molecule has 0 bridgehead atoms. The van der Waals surface area contributed by atoms with Gasteiger partial charge in [0.05, 0.1) is 18.0 Å². The molecular formula is C16H14N2O3. The Hall–Kier alpha value is -2.53. The third kappa shape index (κ3) is 1.78.